The van der Waals surface area contributed by atoms with Crippen molar-refractivity contribution < 1.29 is 19.1 Å². The first kappa shape index (κ1) is 13.0. The van der Waals surface area contributed by atoms with E-state index in [1.165, 1.54) is 27.2 Å². The fourth-order valence-electron chi connectivity index (χ4n) is 1.36. The third kappa shape index (κ3) is 3.17. The number of benzene rings is 1. The van der Waals surface area contributed by atoms with Gasteiger partial charge in [0.25, 0.3) is 0 Å². The zero-order valence-corrected chi connectivity index (χ0v) is 10.0. The van der Waals surface area contributed by atoms with Crippen LogP contribution in [0.2, 0.25) is 0 Å². The van der Waals surface area contributed by atoms with Crippen molar-refractivity contribution in [3.05, 3.63) is 35.4 Å². The summed E-state index contributed by atoms with van der Waals surface area (Å²) in [5.41, 5.74) is 0.655. The number of hydrogen-bond donors (Lipinski definition) is 0. The molecule has 0 unspecified atom stereocenters. The quantitative estimate of drug-likeness (QED) is 0.345. The maximum atomic E-state index is 11.4. The number of esters is 1. The van der Waals surface area contributed by atoms with Gasteiger partial charge in [0.05, 0.1) is 14.2 Å². The first-order chi connectivity index (χ1) is 8.10. The molecular weight excluding hydrogens is 220 g/mol. The van der Waals surface area contributed by atoms with E-state index in [0.29, 0.717) is 11.3 Å². The number of ether oxygens (including phenoxy) is 2. The Morgan fingerprint density at radius 2 is 1.82 bits per heavy atom. The van der Waals surface area contributed by atoms with Crippen LogP contribution in [0.3, 0.4) is 0 Å². The zero-order valence-electron chi connectivity index (χ0n) is 10.0. The van der Waals surface area contributed by atoms with E-state index in [9.17, 15) is 9.59 Å². The third-order valence-corrected chi connectivity index (χ3v) is 2.22. The number of rotatable bonds is 4. The molecule has 0 saturated carbocycles. The molecule has 0 saturated heterocycles. The summed E-state index contributed by atoms with van der Waals surface area (Å²) >= 11 is 0. The van der Waals surface area contributed by atoms with Crippen LogP contribution in [0.4, 0.5) is 0 Å². The van der Waals surface area contributed by atoms with Crippen molar-refractivity contribution in [3.63, 3.8) is 0 Å². The minimum atomic E-state index is -0.650. The number of hydrogen-bond acceptors (Lipinski definition) is 4. The number of Topliss-reactive ketones (excluding diaryl/α,β-unsaturated/α-hetero) is 1. The average molecular weight is 234 g/mol. The highest BCUT2D eigenvalue weighted by atomic mass is 16.5. The molecule has 17 heavy (non-hydrogen) atoms. The summed E-state index contributed by atoms with van der Waals surface area (Å²) in [5.74, 6) is -0.402. The largest absolute Gasteiger partial charge is 0.496 e. The van der Waals surface area contributed by atoms with Gasteiger partial charge in [-0.15, -0.1) is 0 Å². The van der Waals surface area contributed by atoms with E-state index in [1.807, 2.05) is 6.07 Å². The first-order valence-electron chi connectivity index (χ1n) is 5.04. The molecule has 0 heterocycles. The highest BCUT2D eigenvalue weighted by Gasteiger charge is 2.15. The summed E-state index contributed by atoms with van der Waals surface area (Å²) in [6.45, 7) is 1.32. The first-order valence-corrected chi connectivity index (χ1v) is 5.04. The van der Waals surface area contributed by atoms with Crippen LogP contribution in [-0.2, 0) is 14.3 Å². The standard InChI is InChI=1S/C13H14O4/c1-9(14)11(13(15)17-3)8-10-6-4-5-7-12(10)16-2/h4-8H,1-3H3/b11-8+. The molecule has 0 bridgehead atoms. The average Bonchev–Trinajstić information content (AvgIpc) is 2.35. The molecule has 1 aromatic carbocycles. The third-order valence-electron chi connectivity index (χ3n) is 2.22. The zero-order chi connectivity index (χ0) is 12.8. The molecule has 0 spiro atoms. The fraction of sp³-hybridized carbons (Fsp3) is 0.231. The van der Waals surface area contributed by atoms with E-state index < -0.39 is 5.97 Å². The minimum Gasteiger partial charge on any atom is -0.496 e. The molecule has 0 aliphatic rings. The monoisotopic (exact) mass is 234 g/mol. The van der Waals surface area contributed by atoms with E-state index in [4.69, 9.17) is 4.74 Å². The van der Waals surface area contributed by atoms with Crippen molar-refractivity contribution in [1.82, 2.24) is 0 Å². The molecule has 0 N–H and O–H groups in total. The molecule has 0 aliphatic carbocycles. The second-order valence-electron chi connectivity index (χ2n) is 3.35. The van der Waals surface area contributed by atoms with Gasteiger partial charge in [-0.25, -0.2) is 4.79 Å². The Morgan fingerprint density at radius 3 is 2.35 bits per heavy atom. The van der Waals surface area contributed by atoms with E-state index in [2.05, 4.69) is 4.74 Å². The van der Waals surface area contributed by atoms with Gasteiger partial charge in [0, 0.05) is 5.56 Å². The Kier molecular flexibility index (Phi) is 4.46. The van der Waals surface area contributed by atoms with Crippen molar-refractivity contribution in [2.75, 3.05) is 14.2 Å². The van der Waals surface area contributed by atoms with Crippen LogP contribution in [0.5, 0.6) is 5.75 Å². The van der Waals surface area contributed by atoms with Gasteiger partial charge in [-0.1, -0.05) is 18.2 Å². The number of para-hydroxylation sites is 1. The minimum absolute atomic E-state index is 0.00278. The van der Waals surface area contributed by atoms with Crippen molar-refractivity contribution >= 4 is 17.8 Å². The lowest BCUT2D eigenvalue weighted by Crippen LogP contribution is -2.11. The normalized spacial score (nSPS) is 10.9. The van der Waals surface area contributed by atoms with Crippen LogP contribution in [0.15, 0.2) is 29.8 Å². The van der Waals surface area contributed by atoms with Gasteiger partial charge in [-0.3, -0.25) is 4.79 Å². The van der Waals surface area contributed by atoms with Crippen molar-refractivity contribution in [3.8, 4) is 5.75 Å². The maximum absolute atomic E-state index is 11.4. The number of ketones is 1. The molecule has 1 aromatic rings. The molecule has 4 heteroatoms. The SMILES string of the molecule is COC(=O)/C(=C/c1ccccc1OC)C(C)=O. The Balaban J connectivity index is 3.22. The van der Waals surface area contributed by atoms with Crippen LogP contribution < -0.4 is 4.74 Å². The predicted octanol–water partition coefficient (Wildman–Crippen LogP) is 1.84. The van der Waals surface area contributed by atoms with Crippen LogP contribution in [0.1, 0.15) is 12.5 Å². The van der Waals surface area contributed by atoms with Crippen molar-refractivity contribution in [2.45, 2.75) is 6.92 Å². The summed E-state index contributed by atoms with van der Waals surface area (Å²) in [7, 11) is 2.76. The van der Waals surface area contributed by atoms with Gasteiger partial charge in [0.1, 0.15) is 11.3 Å². The van der Waals surface area contributed by atoms with Gasteiger partial charge < -0.3 is 9.47 Å². The fourth-order valence-corrected chi connectivity index (χ4v) is 1.36. The summed E-state index contributed by atoms with van der Waals surface area (Å²) in [5, 5.41) is 0. The topological polar surface area (TPSA) is 52.6 Å². The lowest BCUT2D eigenvalue weighted by molar-refractivity contribution is -0.137. The van der Waals surface area contributed by atoms with E-state index in [-0.39, 0.29) is 11.4 Å². The molecule has 0 atom stereocenters. The van der Waals surface area contributed by atoms with Crippen LogP contribution in [0, 0.1) is 0 Å². The molecule has 0 fully saturated rings. The summed E-state index contributed by atoms with van der Waals surface area (Å²) < 4.78 is 9.68. The van der Waals surface area contributed by atoms with Gasteiger partial charge >= 0.3 is 5.97 Å². The highest BCUT2D eigenvalue weighted by Crippen LogP contribution is 2.20. The van der Waals surface area contributed by atoms with Gasteiger partial charge in [0.2, 0.25) is 0 Å². The highest BCUT2D eigenvalue weighted by molar-refractivity contribution is 6.19. The molecule has 90 valence electrons. The second kappa shape index (κ2) is 5.84. The van der Waals surface area contributed by atoms with Crippen LogP contribution in [-0.4, -0.2) is 26.0 Å². The predicted molar refractivity (Wildman–Crippen MR) is 63.7 cm³/mol. The number of carbonyl (C=O) groups excluding carboxylic acids is 2. The smallest absolute Gasteiger partial charge is 0.341 e. The Morgan fingerprint density at radius 1 is 1.18 bits per heavy atom. The van der Waals surface area contributed by atoms with Gasteiger partial charge in [-0.2, -0.15) is 0 Å². The molecule has 0 amide bonds. The summed E-state index contributed by atoms with van der Waals surface area (Å²) in [6.07, 6.45) is 1.47. The molecule has 0 radical (unpaired) electrons. The lowest BCUT2D eigenvalue weighted by Gasteiger charge is -2.06. The van der Waals surface area contributed by atoms with Crippen LogP contribution in [0.25, 0.3) is 6.08 Å². The molecule has 4 nitrogen and oxygen atoms in total. The van der Waals surface area contributed by atoms with Crippen molar-refractivity contribution in [2.24, 2.45) is 0 Å². The molecule has 0 aromatic heterocycles. The van der Waals surface area contributed by atoms with E-state index in [0.717, 1.165) is 0 Å². The molecule has 1 rings (SSSR count). The number of methoxy groups -OCH3 is 2. The van der Waals surface area contributed by atoms with E-state index >= 15 is 0 Å². The second-order valence-corrected chi connectivity index (χ2v) is 3.35. The molecule has 0 aliphatic heterocycles. The number of carbonyl (C=O) groups is 2. The summed E-state index contributed by atoms with van der Waals surface area (Å²) in [4.78, 5) is 22.7. The summed E-state index contributed by atoms with van der Waals surface area (Å²) in [6, 6.07) is 7.11. The Bertz CT molecular complexity index is 460. The van der Waals surface area contributed by atoms with Crippen LogP contribution >= 0.6 is 0 Å². The lowest BCUT2D eigenvalue weighted by atomic mass is 10.1. The Labute approximate surface area is 99.8 Å². The van der Waals surface area contributed by atoms with E-state index in [1.54, 1.807) is 18.2 Å². The van der Waals surface area contributed by atoms with Crippen molar-refractivity contribution in [1.29, 1.82) is 0 Å². The van der Waals surface area contributed by atoms with Gasteiger partial charge in [-0.05, 0) is 19.1 Å². The maximum Gasteiger partial charge on any atom is 0.341 e. The Hall–Kier alpha value is -2.10. The van der Waals surface area contributed by atoms with Gasteiger partial charge in [0.15, 0.2) is 5.78 Å². The molecular formula is C13H14O4.